The molecule has 1 aromatic carbocycles. The molecule has 16 heavy (non-hydrogen) atoms. The number of hydrogen-bond donors (Lipinski definition) is 1. The van der Waals surface area contributed by atoms with Crippen molar-refractivity contribution in [3.05, 3.63) is 24.3 Å². The standard InChI is InChI=1S/C10H16N2O3S/c1-12(8-7-11)16(13,14)10-5-3-9(15-2)4-6-10/h3-6H,7-8,11H2,1-2H3. The van der Waals surface area contributed by atoms with Gasteiger partial charge in [-0.3, -0.25) is 0 Å². The van der Waals surface area contributed by atoms with Crippen molar-refractivity contribution in [2.45, 2.75) is 4.90 Å². The van der Waals surface area contributed by atoms with Crippen molar-refractivity contribution in [3.8, 4) is 5.75 Å². The summed E-state index contributed by atoms with van der Waals surface area (Å²) in [6, 6.07) is 6.26. The minimum absolute atomic E-state index is 0.240. The van der Waals surface area contributed by atoms with Gasteiger partial charge < -0.3 is 10.5 Å². The van der Waals surface area contributed by atoms with Crippen LogP contribution < -0.4 is 10.5 Å². The van der Waals surface area contributed by atoms with Crippen LogP contribution in [0, 0.1) is 0 Å². The van der Waals surface area contributed by atoms with Gasteiger partial charge in [-0.15, -0.1) is 0 Å². The first-order valence-electron chi connectivity index (χ1n) is 4.83. The molecule has 0 fully saturated rings. The molecule has 0 saturated heterocycles. The molecule has 0 aliphatic carbocycles. The van der Waals surface area contributed by atoms with Gasteiger partial charge in [0.15, 0.2) is 0 Å². The highest BCUT2D eigenvalue weighted by atomic mass is 32.2. The molecule has 5 nitrogen and oxygen atoms in total. The fourth-order valence-corrected chi connectivity index (χ4v) is 2.42. The topological polar surface area (TPSA) is 72.6 Å². The summed E-state index contributed by atoms with van der Waals surface area (Å²) < 4.78 is 30.1. The quantitative estimate of drug-likeness (QED) is 0.807. The maximum atomic E-state index is 12.0. The second kappa shape index (κ2) is 5.29. The first-order valence-corrected chi connectivity index (χ1v) is 6.27. The molecule has 0 radical (unpaired) electrons. The van der Waals surface area contributed by atoms with Gasteiger partial charge in [-0.1, -0.05) is 0 Å². The summed E-state index contributed by atoms with van der Waals surface area (Å²) >= 11 is 0. The monoisotopic (exact) mass is 244 g/mol. The number of sulfonamides is 1. The maximum Gasteiger partial charge on any atom is 0.242 e. The van der Waals surface area contributed by atoms with Gasteiger partial charge in [-0.2, -0.15) is 4.31 Å². The minimum atomic E-state index is -3.43. The molecular formula is C10H16N2O3S. The van der Waals surface area contributed by atoms with Crippen LogP contribution in [0.25, 0.3) is 0 Å². The zero-order valence-corrected chi connectivity index (χ0v) is 10.2. The van der Waals surface area contributed by atoms with E-state index in [-0.39, 0.29) is 4.90 Å². The molecule has 0 aliphatic rings. The van der Waals surface area contributed by atoms with Gasteiger partial charge in [0.25, 0.3) is 0 Å². The molecule has 0 saturated carbocycles. The Hall–Kier alpha value is -1.11. The Morgan fingerprint density at radius 1 is 1.31 bits per heavy atom. The molecule has 1 aromatic rings. The fourth-order valence-electron chi connectivity index (χ4n) is 1.23. The van der Waals surface area contributed by atoms with E-state index >= 15 is 0 Å². The van der Waals surface area contributed by atoms with E-state index < -0.39 is 10.0 Å². The summed E-state index contributed by atoms with van der Waals surface area (Å²) in [5.41, 5.74) is 5.32. The van der Waals surface area contributed by atoms with E-state index in [2.05, 4.69) is 0 Å². The fraction of sp³-hybridized carbons (Fsp3) is 0.400. The molecule has 6 heteroatoms. The van der Waals surface area contributed by atoms with Crippen molar-refractivity contribution in [3.63, 3.8) is 0 Å². The molecule has 2 N–H and O–H groups in total. The summed E-state index contributed by atoms with van der Waals surface area (Å²) in [5, 5.41) is 0. The van der Waals surface area contributed by atoms with Crippen LogP contribution in [0.4, 0.5) is 0 Å². The molecule has 0 aromatic heterocycles. The lowest BCUT2D eigenvalue weighted by molar-refractivity contribution is 0.414. The maximum absolute atomic E-state index is 12.0. The highest BCUT2D eigenvalue weighted by molar-refractivity contribution is 7.89. The summed E-state index contributed by atoms with van der Waals surface area (Å²) in [6.07, 6.45) is 0. The highest BCUT2D eigenvalue weighted by Gasteiger charge is 2.19. The van der Waals surface area contributed by atoms with Gasteiger partial charge in [0.1, 0.15) is 5.75 Å². The third-order valence-corrected chi connectivity index (χ3v) is 4.08. The van der Waals surface area contributed by atoms with Crippen LogP contribution in [0.5, 0.6) is 5.75 Å². The van der Waals surface area contributed by atoms with Gasteiger partial charge in [0, 0.05) is 20.1 Å². The van der Waals surface area contributed by atoms with Crippen molar-refractivity contribution < 1.29 is 13.2 Å². The molecule has 1 rings (SSSR count). The Labute approximate surface area is 95.9 Å². The lowest BCUT2D eigenvalue weighted by Crippen LogP contribution is -2.31. The number of methoxy groups -OCH3 is 1. The van der Waals surface area contributed by atoms with Crippen LogP contribution in [0.2, 0.25) is 0 Å². The number of likely N-dealkylation sites (N-methyl/N-ethyl adjacent to an activating group) is 1. The Morgan fingerprint density at radius 3 is 2.31 bits per heavy atom. The summed E-state index contributed by atoms with van der Waals surface area (Å²) in [7, 11) is -0.390. The van der Waals surface area contributed by atoms with Gasteiger partial charge >= 0.3 is 0 Å². The van der Waals surface area contributed by atoms with Crippen molar-refractivity contribution >= 4 is 10.0 Å². The van der Waals surface area contributed by atoms with Crippen molar-refractivity contribution in [2.75, 3.05) is 27.2 Å². The Balaban J connectivity index is 2.98. The summed E-state index contributed by atoms with van der Waals surface area (Å²) in [6.45, 7) is 0.597. The zero-order chi connectivity index (χ0) is 12.2. The predicted molar refractivity (Wildman–Crippen MR) is 61.9 cm³/mol. The lowest BCUT2D eigenvalue weighted by atomic mass is 10.3. The number of nitrogens with two attached hydrogens (primary N) is 1. The number of ether oxygens (including phenoxy) is 1. The van der Waals surface area contributed by atoms with Crippen LogP contribution in [0.3, 0.4) is 0 Å². The van der Waals surface area contributed by atoms with Crippen molar-refractivity contribution in [1.82, 2.24) is 4.31 Å². The van der Waals surface area contributed by atoms with E-state index in [1.165, 1.54) is 30.6 Å². The van der Waals surface area contributed by atoms with Crippen molar-refractivity contribution in [2.24, 2.45) is 5.73 Å². The van der Waals surface area contributed by atoms with E-state index in [0.717, 1.165) is 0 Å². The van der Waals surface area contributed by atoms with Gasteiger partial charge in [-0.25, -0.2) is 8.42 Å². The number of hydrogen-bond acceptors (Lipinski definition) is 4. The highest BCUT2D eigenvalue weighted by Crippen LogP contribution is 2.18. The first kappa shape index (κ1) is 13.0. The third-order valence-electron chi connectivity index (χ3n) is 2.21. The Bertz CT molecular complexity index is 428. The van der Waals surface area contributed by atoms with E-state index in [9.17, 15) is 8.42 Å². The number of benzene rings is 1. The van der Waals surface area contributed by atoms with Crippen LogP contribution in [-0.2, 0) is 10.0 Å². The first-order chi connectivity index (χ1) is 7.52. The molecular weight excluding hydrogens is 228 g/mol. The largest absolute Gasteiger partial charge is 0.497 e. The van der Waals surface area contributed by atoms with E-state index in [1.807, 2.05) is 0 Å². The van der Waals surface area contributed by atoms with E-state index in [0.29, 0.717) is 18.8 Å². The minimum Gasteiger partial charge on any atom is -0.497 e. The molecule has 0 aliphatic heterocycles. The Morgan fingerprint density at radius 2 is 1.88 bits per heavy atom. The van der Waals surface area contributed by atoms with Gasteiger partial charge in [-0.05, 0) is 24.3 Å². The SMILES string of the molecule is COc1ccc(S(=O)(=O)N(C)CCN)cc1. The average molecular weight is 244 g/mol. The van der Waals surface area contributed by atoms with Crippen LogP contribution in [-0.4, -0.2) is 40.0 Å². The summed E-state index contributed by atoms with van der Waals surface area (Å²) in [5.74, 6) is 0.625. The molecule has 90 valence electrons. The number of rotatable bonds is 5. The van der Waals surface area contributed by atoms with E-state index in [1.54, 1.807) is 12.1 Å². The zero-order valence-electron chi connectivity index (χ0n) is 9.38. The normalized spacial score (nSPS) is 11.8. The lowest BCUT2D eigenvalue weighted by Gasteiger charge is -2.16. The second-order valence-electron chi connectivity index (χ2n) is 3.29. The molecule has 0 spiro atoms. The predicted octanol–water partition coefficient (Wildman–Crippen LogP) is 0.274. The molecule has 0 bridgehead atoms. The third kappa shape index (κ3) is 2.72. The molecule has 0 unspecified atom stereocenters. The smallest absolute Gasteiger partial charge is 0.242 e. The molecule has 0 atom stereocenters. The molecule has 0 amide bonds. The average Bonchev–Trinajstić information content (AvgIpc) is 2.29. The van der Waals surface area contributed by atoms with Gasteiger partial charge in [0.2, 0.25) is 10.0 Å². The van der Waals surface area contributed by atoms with Gasteiger partial charge in [0.05, 0.1) is 12.0 Å². The Kier molecular flexibility index (Phi) is 4.28. The van der Waals surface area contributed by atoms with Crippen LogP contribution in [0.1, 0.15) is 0 Å². The second-order valence-corrected chi connectivity index (χ2v) is 5.34. The number of nitrogens with zero attached hydrogens (tertiary/aromatic N) is 1. The summed E-state index contributed by atoms with van der Waals surface area (Å²) in [4.78, 5) is 0.240. The molecule has 0 heterocycles. The van der Waals surface area contributed by atoms with Crippen molar-refractivity contribution in [1.29, 1.82) is 0 Å². The van der Waals surface area contributed by atoms with Crippen LogP contribution >= 0.6 is 0 Å². The van der Waals surface area contributed by atoms with E-state index in [4.69, 9.17) is 10.5 Å². The van der Waals surface area contributed by atoms with Crippen LogP contribution in [0.15, 0.2) is 29.2 Å².